The van der Waals surface area contributed by atoms with Gasteiger partial charge < -0.3 is 20.2 Å². The first kappa shape index (κ1) is 22.3. The number of piperidine rings is 1. The number of carbonyl (C=O) groups excluding carboxylic acids is 2. The lowest BCUT2D eigenvalue weighted by atomic mass is 9.83. The van der Waals surface area contributed by atoms with Gasteiger partial charge in [0.05, 0.1) is 17.7 Å². The summed E-state index contributed by atoms with van der Waals surface area (Å²) in [6.07, 6.45) is 6.65. The van der Waals surface area contributed by atoms with E-state index in [4.69, 9.17) is 0 Å². The first-order chi connectivity index (χ1) is 16.4. The molecule has 5 rings (SSSR count). The molecule has 3 fully saturated rings. The smallest absolute Gasteiger partial charge is 0.255 e. The fourth-order valence-electron chi connectivity index (χ4n) is 5.08. The third kappa shape index (κ3) is 3.99. The number of anilines is 3. The summed E-state index contributed by atoms with van der Waals surface area (Å²) in [5.74, 6) is 0.996. The molecule has 2 amide bonds. The largest absolute Gasteiger partial charge is 0.391 e. The van der Waals surface area contributed by atoms with Crippen LogP contribution in [0.15, 0.2) is 30.6 Å². The molecule has 0 bridgehead atoms. The number of aliphatic hydroxyl groups excluding tert-OH is 1. The molecule has 1 saturated carbocycles. The van der Waals surface area contributed by atoms with E-state index in [0.717, 1.165) is 31.2 Å². The van der Waals surface area contributed by atoms with Crippen molar-refractivity contribution in [2.45, 2.75) is 45.1 Å². The van der Waals surface area contributed by atoms with E-state index in [1.807, 2.05) is 6.92 Å². The number of hydrogen-bond donors (Lipinski definition) is 2. The summed E-state index contributed by atoms with van der Waals surface area (Å²) in [6.45, 7) is 3.35. The quantitative estimate of drug-likeness (QED) is 0.703. The van der Waals surface area contributed by atoms with Crippen LogP contribution in [0.4, 0.5) is 17.3 Å². The van der Waals surface area contributed by atoms with Gasteiger partial charge in [-0.25, -0.2) is 9.97 Å². The molecule has 2 N–H and O–H groups in total. The van der Waals surface area contributed by atoms with Crippen LogP contribution in [0.5, 0.6) is 0 Å². The molecule has 2 atom stereocenters. The zero-order valence-corrected chi connectivity index (χ0v) is 19.2. The minimum absolute atomic E-state index is 0.116. The number of amides is 2. The molecule has 2 saturated heterocycles. The Bertz CT molecular complexity index is 1170. The highest BCUT2D eigenvalue weighted by Crippen LogP contribution is 2.51. The predicted octanol–water partition coefficient (Wildman–Crippen LogP) is 2.78. The first-order valence-corrected chi connectivity index (χ1v) is 11.8. The van der Waals surface area contributed by atoms with Crippen LogP contribution in [0.25, 0.3) is 0 Å². The van der Waals surface area contributed by atoms with Gasteiger partial charge in [-0.3, -0.25) is 9.59 Å². The summed E-state index contributed by atoms with van der Waals surface area (Å²) in [7, 11) is 0. The topological polar surface area (TPSA) is 122 Å². The van der Waals surface area contributed by atoms with Crippen molar-refractivity contribution in [1.82, 2.24) is 14.9 Å². The van der Waals surface area contributed by atoms with E-state index in [9.17, 15) is 20.0 Å². The fourth-order valence-corrected chi connectivity index (χ4v) is 5.08. The highest BCUT2D eigenvalue weighted by Gasteiger charge is 2.56. The minimum atomic E-state index is -0.887. The highest BCUT2D eigenvalue weighted by atomic mass is 16.3. The van der Waals surface area contributed by atoms with Crippen LogP contribution >= 0.6 is 0 Å². The molecule has 176 valence electrons. The molecule has 2 aromatic heterocycles. The van der Waals surface area contributed by atoms with E-state index in [1.165, 1.54) is 0 Å². The molecule has 4 heterocycles. The van der Waals surface area contributed by atoms with E-state index in [-0.39, 0.29) is 17.7 Å². The number of pyridine rings is 2. The number of aliphatic hydroxyl groups is 1. The van der Waals surface area contributed by atoms with E-state index in [1.54, 1.807) is 40.4 Å². The maximum absolute atomic E-state index is 13.1. The number of aromatic nitrogens is 2. The van der Waals surface area contributed by atoms with Crippen molar-refractivity contribution >= 4 is 29.1 Å². The first-order valence-electron chi connectivity index (χ1n) is 11.8. The molecule has 34 heavy (non-hydrogen) atoms. The standard InChI is InChI=1S/C25H28N6O3/c1-16-11-21(28-13-20(16)23(33)30-9-2-3-19(32)14-30)29-22-12-18(6-8-27-22)31-10-7-25(15-26,24(31)34)17-4-5-17/h6,8,11-13,17,19,32H,2-5,7,9-10,14H2,1H3,(H,27,28,29)/t19-,25+/m0/s1. The number of nitrogens with one attached hydrogen (secondary N) is 1. The molecule has 3 aliphatic rings. The number of aryl methyl sites for hydroxylation is 1. The molecule has 9 heteroatoms. The van der Waals surface area contributed by atoms with Crippen molar-refractivity contribution in [2.24, 2.45) is 11.3 Å². The molecular formula is C25H28N6O3. The van der Waals surface area contributed by atoms with Crippen LogP contribution in [0, 0.1) is 29.6 Å². The van der Waals surface area contributed by atoms with Crippen LogP contribution in [0.1, 0.15) is 48.0 Å². The number of nitriles is 1. The minimum Gasteiger partial charge on any atom is -0.391 e. The van der Waals surface area contributed by atoms with Gasteiger partial charge in [-0.05, 0) is 62.6 Å². The number of rotatable bonds is 5. The van der Waals surface area contributed by atoms with Crippen molar-refractivity contribution < 1.29 is 14.7 Å². The van der Waals surface area contributed by atoms with Gasteiger partial charge in [0.2, 0.25) is 5.91 Å². The molecule has 0 aromatic carbocycles. The molecule has 0 unspecified atom stereocenters. The predicted molar refractivity (Wildman–Crippen MR) is 125 cm³/mol. The highest BCUT2D eigenvalue weighted by molar-refractivity contribution is 6.02. The summed E-state index contributed by atoms with van der Waals surface area (Å²) in [5, 5.41) is 22.8. The normalized spacial score (nSPS) is 24.7. The molecule has 0 spiro atoms. The zero-order valence-electron chi connectivity index (χ0n) is 19.2. The number of carbonyl (C=O) groups is 2. The summed E-state index contributed by atoms with van der Waals surface area (Å²) in [4.78, 5) is 38.1. The van der Waals surface area contributed by atoms with Crippen molar-refractivity contribution in [3.63, 3.8) is 0 Å². The second-order valence-corrected chi connectivity index (χ2v) is 9.52. The van der Waals surface area contributed by atoms with Gasteiger partial charge in [-0.15, -0.1) is 0 Å². The van der Waals surface area contributed by atoms with Crippen LogP contribution in [0.2, 0.25) is 0 Å². The Balaban J connectivity index is 1.30. The average molecular weight is 461 g/mol. The SMILES string of the molecule is Cc1cc(Nc2cc(N3CC[C@@](C#N)(C4CC4)C3=O)ccn2)ncc1C(=O)N1CCC[C@H](O)C1. The Labute approximate surface area is 198 Å². The number of β-amino-alcohol motifs (C(OH)–C–C–N with tert-alkyl or cyclic N) is 1. The Kier molecular flexibility index (Phi) is 5.70. The zero-order chi connectivity index (χ0) is 23.9. The lowest BCUT2D eigenvalue weighted by Crippen LogP contribution is -2.42. The van der Waals surface area contributed by atoms with Crippen molar-refractivity contribution in [3.8, 4) is 6.07 Å². The second kappa shape index (κ2) is 8.69. The van der Waals surface area contributed by atoms with Gasteiger partial charge >= 0.3 is 0 Å². The van der Waals surface area contributed by atoms with Gasteiger partial charge in [-0.1, -0.05) is 0 Å². The molecule has 2 aromatic rings. The van der Waals surface area contributed by atoms with Gasteiger partial charge in [0.15, 0.2) is 0 Å². The third-order valence-electron chi connectivity index (χ3n) is 7.17. The van der Waals surface area contributed by atoms with E-state index >= 15 is 0 Å². The summed E-state index contributed by atoms with van der Waals surface area (Å²) in [5.41, 5.74) is 1.10. The van der Waals surface area contributed by atoms with E-state index < -0.39 is 11.5 Å². The second-order valence-electron chi connectivity index (χ2n) is 9.52. The molecular weight excluding hydrogens is 432 g/mol. The third-order valence-corrected chi connectivity index (χ3v) is 7.17. The Morgan fingerprint density at radius 1 is 1.24 bits per heavy atom. The summed E-state index contributed by atoms with van der Waals surface area (Å²) >= 11 is 0. The van der Waals surface area contributed by atoms with Gasteiger partial charge in [0, 0.05) is 43.8 Å². The van der Waals surface area contributed by atoms with Crippen molar-refractivity contribution in [1.29, 1.82) is 5.26 Å². The van der Waals surface area contributed by atoms with Crippen LogP contribution in [0.3, 0.4) is 0 Å². The monoisotopic (exact) mass is 460 g/mol. The maximum Gasteiger partial charge on any atom is 0.255 e. The average Bonchev–Trinajstić information content (AvgIpc) is 3.63. The van der Waals surface area contributed by atoms with Gasteiger partial charge in [0.25, 0.3) is 5.91 Å². The molecule has 9 nitrogen and oxygen atoms in total. The molecule has 1 aliphatic carbocycles. The molecule has 0 radical (unpaired) electrons. The maximum atomic E-state index is 13.1. The number of nitrogens with zero attached hydrogens (tertiary/aromatic N) is 5. The Hall–Kier alpha value is -3.51. The Morgan fingerprint density at radius 2 is 2.03 bits per heavy atom. The fraction of sp³-hybridized carbons (Fsp3) is 0.480. The van der Waals surface area contributed by atoms with Crippen LogP contribution in [-0.4, -0.2) is 57.5 Å². The van der Waals surface area contributed by atoms with Gasteiger partial charge in [0.1, 0.15) is 17.1 Å². The number of hydrogen-bond acceptors (Lipinski definition) is 7. The number of likely N-dealkylation sites (tertiary alicyclic amines) is 1. The van der Waals surface area contributed by atoms with Crippen LogP contribution < -0.4 is 10.2 Å². The van der Waals surface area contributed by atoms with E-state index in [0.29, 0.717) is 48.9 Å². The van der Waals surface area contributed by atoms with Crippen LogP contribution in [-0.2, 0) is 4.79 Å². The van der Waals surface area contributed by atoms with E-state index in [2.05, 4.69) is 21.4 Å². The van der Waals surface area contributed by atoms with Gasteiger partial charge in [-0.2, -0.15) is 5.26 Å². The lowest BCUT2D eigenvalue weighted by Gasteiger charge is -2.30. The Morgan fingerprint density at radius 3 is 2.74 bits per heavy atom. The summed E-state index contributed by atoms with van der Waals surface area (Å²) < 4.78 is 0. The molecule has 2 aliphatic heterocycles. The van der Waals surface area contributed by atoms with Crippen molar-refractivity contribution in [3.05, 3.63) is 41.7 Å². The van der Waals surface area contributed by atoms with Crippen molar-refractivity contribution in [2.75, 3.05) is 29.9 Å². The lowest BCUT2D eigenvalue weighted by molar-refractivity contribution is -0.123. The summed E-state index contributed by atoms with van der Waals surface area (Å²) in [6, 6.07) is 7.66.